The summed E-state index contributed by atoms with van der Waals surface area (Å²) >= 11 is 0. The van der Waals surface area contributed by atoms with Crippen LogP contribution in [0.2, 0.25) is 0 Å². The van der Waals surface area contributed by atoms with Gasteiger partial charge in [-0.3, -0.25) is 0 Å². The Morgan fingerprint density at radius 1 is 0.462 bits per heavy atom. The van der Waals surface area contributed by atoms with Crippen LogP contribution in [0.1, 0.15) is 34.7 Å². The average Bonchev–Trinajstić information content (AvgIpc) is 3.89. The van der Waals surface area contributed by atoms with Gasteiger partial charge in [-0.2, -0.15) is 0 Å². The van der Waals surface area contributed by atoms with Crippen molar-refractivity contribution in [1.29, 1.82) is 0 Å². The van der Waals surface area contributed by atoms with Crippen LogP contribution in [-0.4, -0.2) is 0 Å². The van der Waals surface area contributed by atoms with E-state index in [1.807, 2.05) is 0 Å². The van der Waals surface area contributed by atoms with Gasteiger partial charge >= 0.3 is 0 Å². The molecular weight excluding hydrogens is 785 g/mol. The first-order chi connectivity index (χ1) is 32.1. The standard InChI is InChI=1S/C64H40O/c1-3-47-54(36-38(2)48-32-28-43-26-24-39-14-12-16-41-30-34-50(48)59(43)57(39)41)64(45-18-6-4-7-19-45,46-20-8-5-9-21-46)55-37-53(61-52-22-10-11-23-56(52)65-63(61)62(47)55)49-33-29-44-27-25-40-15-13-17-42-31-35-51(49)60(44)58(40)42/h3-37H,1H2,2H3/b38-36+. The van der Waals surface area contributed by atoms with Crippen molar-refractivity contribution < 1.29 is 4.42 Å². The van der Waals surface area contributed by atoms with E-state index in [1.54, 1.807) is 0 Å². The van der Waals surface area contributed by atoms with E-state index < -0.39 is 5.41 Å². The van der Waals surface area contributed by atoms with Crippen molar-refractivity contribution in [3.8, 4) is 11.1 Å². The van der Waals surface area contributed by atoms with E-state index in [4.69, 9.17) is 4.42 Å². The molecule has 13 aromatic rings. The lowest BCUT2D eigenvalue weighted by molar-refractivity contribution is 0.666. The van der Waals surface area contributed by atoms with Gasteiger partial charge in [0.15, 0.2) is 0 Å². The van der Waals surface area contributed by atoms with Crippen LogP contribution in [0.15, 0.2) is 229 Å². The van der Waals surface area contributed by atoms with Gasteiger partial charge in [-0.05, 0) is 134 Å². The number of hydrogen-bond acceptors (Lipinski definition) is 1. The largest absolute Gasteiger partial charge is 0.455 e. The molecule has 0 saturated carbocycles. The zero-order valence-corrected chi connectivity index (χ0v) is 35.8. The molecule has 0 amide bonds. The molecular formula is C64H40O. The first-order valence-corrected chi connectivity index (χ1v) is 22.6. The zero-order chi connectivity index (χ0) is 43.0. The third kappa shape index (κ3) is 4.82. The molecule has 0 fully saturated rings. The summed E-state index contributed by atoms with van der Waals surface area (Å²) in [5.41, 5.74) is 12.7. The predicted molar refractivity (Wildman–Crippen MR) is 277 cm³/mol. The van der Waals surface area contributed by atoms with E-state index in [9.17, 15) is 0 Å². The summed E-state index contributed by atoms with van der Waals surface area (Å²) in [6.07, 6.45) is 4.55. The highest BCUT2D eigenvalue weighted by Crippen LogP contribution is 2.60. The van der Waals surface area contributed by atoms with Crippen molar-refractivity contribution in [3.63, 3.8) is 0 Å². The molecule has 1 aliphatic rings. The molecule has 0 radical (unpaired) electrons. The smallest absolute Gasteiger partial charge is 0.144 e. The van der Waals surface area contributed by atoms with Gasteiger partial charge in [-0.25, -0.2) is 0 Å². The Bertz CT molecular complexity index is 4110. The van der Waals surface area contributed by atoms with E-state index in [-0.39, 0.29) is 0 Å². The maximum atomic E-state index is 7.24. The molecule has 0 unspecified atom stereocenters. The van der Waals surface area contributed by atoms with E-state index in [0.717, 1.165) is 38.6 Å². The van der Waals surface area contributed by atoms with E-state index in [0.29, 0.717) is 0 Å². The number of benzene rings is 12. The Morgan fingerprint density at radius 2 is 0.985 bits per heavy atom. The molecule has 14 rings (SSSR count). The molecule has 65 heavy (non-hydrogen) atoms. The molecule has 0 bridgehead atoms. The minimum absolute atomic E-state index is 0.738. The normalized spacial score (nSPS) is 14.1. The molecule has 0 spiro atoms. The summed E-state index contributed by atoms with van der Waals surface area (Å²) in [6, 6.07) is 74.1. The summed E-state index contributed by atoms with van der Waals surface area (Å²) in [5.74, 6) is 0. The summed E-state index contributed by atoms with van der Waals surface area (Å²) in [4.78, 5) is 0. The first-order valence-electron chi connectivity index (χ1n) is 22.6. The maximum absolute atomic E-state index is 7.24. The number of fused-ring (bicyclic) bond motifs is 5. The van der Waals surface area contributed by atoms with Crippen LogP contribution < -0.4 is 0 Å². The molecule has 1 aromatic heterocycles. The quantitative estimate of drug-likeness (QED) is 0.152. The summed E-state index contributed by atoms with van der Waals surface area (Å²) in [7, 11) is 0. The molecule has 0 aliphatic heterocycles. The van der Waals surface area contributed by atoms with E-state index in [1.165, 1.54) is 104 Å². The molecule has 12 aromatic carbocycles. The lowest BCUT2D eigenvalue weighted by Gasteiger charge is -2.35. The molecule has 1 heterocycles. The van der Waals surface area contributed by atoms with Crippen molar-refractivity contribution in [2.45, 2.75) is 12.3 Å². The van der Waals surface area contributed by atoms with Crippen molar-refractivity contribution in [2.24, 2.45) is 0 Å². The molecule has 1 nitrogen and oxygen atoms in total. The van der Waals surface area contributed by atoms with Gasteiger partial charge in [0.1, 0.15) is 11.2 Å². The molecule has 0 saturated heterocycles. The van der Waals surface area contributed by atoms with Gasteiger partial charge in [0.25, 0.3) is 0 Å². The topological polar surface area (TPSA) is 13.1 Å². The van der Waals surface area contributed by atoms with Crippen molar-refractivity contribution in [1.82, 2.24) is 0 Å². The van der Waals surface area contributed by atoms with Crippen LogP contribution in [0, 0.1) is 0 Å². The fourth-order valence-electron chi connectivity index (χ4n) is 12.1. The highest BCUT2D eigenvalue weighted by Gasteiger charge is 2.48. The second kappa shape index (κ2) is 13.4. The van der Waals surface area contributed by atoms with Gasteiger partial charge < -0.3 is 4.42 Å². The second-order valence-electron chi connectivity index (χ2n) is 17.9. The zero-order valence-electron chi connectivity index (χ0n) is 35.8. The number of rotatable bonds is 6. The molecule has 0 atom stereocenters. The molecule has 302 valence electrons. The fraction of sp³-hybridized carbons (Fsp3) is 0.0312. The number of furan rings is 1. The highest BCUT2D eigenvalue weighted by molar-refractivity contribution is 6.28. The fourth-order valence-corrected chi connectivity index (χ4v) is 12.1. The maximum Gasteiger partial charge on any atom is 0.144 e. The van der Waals surface area contributed by atoms with Crippen molar-refractivity contribution >= 4 is 97.7 Å². The van der Waals surface area contributed by atoms with Crippen molar-refractivity contribution in [2.75, 3.05) is 0 Å². The van der Waals surface area contributed by atoms with Gasteiger partial charge in [0.2, 0.25) is 0 Å². The summed E-state index contributed by atoms with van der Waals surface area (Å²) in [5, 5.41) is 17.5. The summed E-state index contributed by atoms with van der Waals surface area (Å²) < 4.78 is 7.24. The van der Waals surface area contributed by atoms with Gasteiger partial charge in [0.05, 0.1) is 5.41 Å². The van der Waals surface area contributed by atoms with Crippen LogP contribution >= 0.6 is 0 Å². The van der Waals surface area contributed by atoms with E-state index in [2.05, 4.69) is 226 Å². The lowest BCUT2D eigenvalue weighted by Crippen LogP contribution is -2.29. The Kier molecular flexibility index (Phi) is 7.46. The Balaban J connectivity index is 1.13. The van der Waals surface area contributed by atoms with Crippen LogP contribution in [0.4, 0.5) is 0 Å². The average molecular weight is 825 g/mol. The third-order valence-corrected chi connectivity index (χ3v) is 14.8. The van der Waals surface area contributed by atoms with Gasteiger partial charge in [-0.1, -0.05) is 207 Å². The first kappa shape index (κ1) is 36.2. The minimum Gasteiger partial charge on any atom is -0.455 e. The van der Waals surface area contributed by atoms with Gasteiger partial charge in [-0.15, -0.1) is 0 Å². The monoisotopic (exact) mass is 824 g/mol. The summed E-state index contributed by atoms with van der Waals surface area (Å²) in [6.45, 7) is 6.92. The number of allylic oxidation sites excluding steroid dienone is 5. The lowest BCUT2D eigenvalue weighted by atomic mass is 9.66. The minimum atomic E-state index is -0.738. The Morgan fingerprint density at radius 3 is 1.62 bits per heavy atom. The van der Waals surface area contributed by atoms with Crippen LogP contribution in [0.3, 0.4) is 0 Å². The highest BCUT2D eigenvalue weighted by atomic mass is 16.3. The van der Waals surface area contributed by atoms with Crippen LogP contribution in [-0.2, 0) is 5.41 Å². The van der Waals surface area contributed by atoms with Gasteiger partial charge in [0, 0.05) is 16.3 Å². The van der Waals surface area contributed by atoms with Crippen molar-refractivity contribution in [3.05, 3.63) is 252 Å². The number of hydrogen-bond donors (Lipinski definition) is 0. The van der Waals surface area contributed by atoms with Crippen LogP contribution in [0.5, 0.6) is 0 Å². The molecule has 1 aliphatic carbocycles. The SMILES string of the molecule is C=CC1=C(/C=C(\C)c2ccc3ccc4cccc5ccc2c3c45)C(c2ccccc2)(c2ccccc2)c2cc(-c3ccc4ccc5cccc6ccc3c4c56)c3c(oc4ccccc43)c21. The van der Waals surface area contributed by atoms with Crippen LogP contribution in [0.25, 0.3) is 109 Å². The predicted octanol–water partition coefficient (Wildman–Crippen LogP) is 17.4. The Hall–Kier alpha value is -8.26. The second-order valence-corrected chi connectivity index (χ2v) is 17.9. The van der Waals surface area contributed by atoms with E-state index >= 15 is 0 Å². The Labute approximate surface area is 376 Å². The molecule has 1 heteroatoms. The number of para-hydroxylation sites is 1. The third-order valence-electron chi connectivity index (χ3n) is 14.8. The molecule has 0 N–H and O–H groups in total.